The molecule has 3 aliphatic rings. The first-order valence-electron chi connectivity index (χ1n) is 6.08. The Kier molecular flexibility index (Phi) is 1.90. The third kappa shape index (κ3) is 1.41. The minimum Gasteiger partial charge on any atom is -0.300 e. The lowest BCUT2D eigenvalue weighted by Crippen LogP contribution is -2.32. The summed E-state index contributed by atoms with van der Waals surface area (Å²) in [6.07, 6.45) is 7.55. The lowest BCUT2D eigenvalue weighted by atomic mass is 10.0. The molecule has 0 amide bonds. The van der Waals surface area contributed by atoms with Crippen LogP contribution in [-0.4, -0.2) is 24.0 Å². The number of rotatable bonds is 2. The smallest absolute Gasteiger partial charge is 0.0124 e. The molecule has 0 aromatic rings. The minimum absolute atomic E-state index is 1.01. The van der Waals surface area contributed by atoms with Crippen LogP contribution < -0.4 is 0 Å². The summed E-state index contributed by atoms with van der Waals surface area (Å²) in [7, 11) is 0. The molecule has 0 spiro atoms. The van der Waals surface area contributed by atoms with Crippen LogP contribution in [0.15, 0.2) is 0 Å². The zero-order valence-corrected chi connectivity index (χ0v) is 8.71. The van der Waals surface area contributed by atoms with E-state index in [2.05, 4.69) is 11.8 Å². The van der Waals surface area contributed by atoms with Gasteiger partial charge in [-0.15, -0.1) is 0 Å². The second-order valence-electron chi connectivity index (χ2n) is 5.52. The van der Waals surface area contributed by atoms with Crippen molar-refractivity contribution in [1.82, 2.24) is 4.90 Å². The van der Waals surface area contributed by atoms with Gasteiger partial charge in [0.25, 0.3) is 0 Å². The lowest BCUT2D eigenvalue weighted by molar-refractivity contribution is 0.228. The summed E-state index contributed by atoms with van der Waals surface area (Å²) in [4.78, 5) is 2.81. The third-order valence-corrected chi connectivity index (χ3v) is 4.62. The Morgan fingerprint density at radius 2 is 2.08 bits per heavy atom. The van der Waals surface area contributed by atoms with Crippen LogP contribution in [0.25, 0.3) is 0 Å². The minimum atomic E-state index is 1.01. The average Bonchev–Trinajstić information content (AvgIpc) is 2.56. The Labute approximate surface area is 81.5 Å². The molecule has 4 unspecified atom stereocenters. The summed E-state index contributed by atoms with van der Waals surface area (Å²) >= 11 is 0. The predicted octanol–water partition coefficient (Wildman–Crippen LogP) is 2.52. The lowest BCUT2D eigenvalue weighted by Gasteiger charge is -2.23. The predicted molar refractivity (Wildman–Crippen MR) is 54.6 cm³/mol. The molecule has 3 rings (SSSR count). The van der Waals surface area contributed by atoms with Crippen molar-refractivity contribution in [2.75, 3.05) is 13.1 Å². The van der Waals surface area contributed by atoms with Gasteiger partial charge < -0.3 is 0 Å². The van der Waals surface area contributed by atoms with Gasteiger partial charge >= 0.3 is 0 Å². The van der Waals surface area contributed by atoms with Crippen LogP contribution in [0.2, 0.25) is 0 Å². The van der Waals surface area contributed by atoms with Crippen LogP contribution in [-0.2, 0) is 0 Å². The first kappa shape index (κ1) is 8.28. The van der Waals surface area contributed by atoms with Gasteiger partial charge in [0, 0.05) is 12.6 Å². The van der Waals surface area contributed by atoms with Crippen molar-refractivity contribution in [3.63, 3.8) is 0 Å². The van der Waals surface area contributed by atoms with E-state index in [1.165, 1.54) is 45.2 Å². The number of likely N-dealkylation sites (tertiary alicyclic amines) is 1. The Hall–Kier alpha value is -0.0400. The Balaban J connectivity index is 1.59. The van der Waals surface area contributed by atoms with E-state index in [0.29, 0.717) is 0 Å². The van der Waals surface area contributed by atoms with E-state index in [-0.39, 0.29) is 0 Å². The van der Waals surface area contributed by atoms with Gasteiger partial charge in [0.05, 0.1) is 0 Å². The van der Waals surface area contributed by atoms with E-state index < -0.39 is 0 Å². The monoisotopic (exact) mass is 179 g/mol. The summed E-state index contributed by atoms with van der Waals surface area (Å²) in [5.74, 6) is 3.20. The largest absolute Gasteiger partial charge is 0.300 e. The highest BCUT2D eigenvalue weighted by molar-refractivity contribution is 4.95. The quantitative estimate of drug-likeness (QED) is 0.629. The van der Waals surface area contributed by atoms with Gasteiger partial charge in [-0.1, -0.05) is 13.3 Å². The van der Waals surface area contributed by atoms with Crippen molar-refractivity contribution in [2.24, 2.45) is 17.8 Å². The molecule has 3 fully saturated rings. The van der Waals surface area contributed by atoms with Crippen LogP contribution in [0.3, 0.4) is 0 Å². The van der Waals surface area contributed by atoms with Gasteiger partial charge in [-0.2, -0.15) is 0 Å². The topological polar surface area (TPSA) is 3.24 Å². The summed E-state index contributed by atoms with van der Waals surface area (Å²) in [5.41, 5.74) is 0. The Morgan fingerprint density at radius 3 is 2.85 bits per heavy atom. The molecule has 2 saturated carbocycles. The standard InChI is InChI=1S/C12H21N/c1-9-7-11(9)8-13-6-5-10-3-2-4-12(10)13/h9-12H,2-8H2,1H3. The third-order valence-electron chi connectivity index (χ3n) is 4.62. The van der Waals surface area contributed by atoms with E-state index in [4.69, 9.17) is 0 Å². The fourth-order valence-corrected chi connectivity index (χ4v) is 3.51. The highest BCUT2D eigenvalue weighted by atomic mass is 15.2. The molecular weight excluding hydrogens is 158 g/mol. The molecule has 0 aromatic carbocycles. The van der Waals surface area contributed by atoms with Crippen LogP contribution in [0.5, 0.6) is 0 Å². The highest BCUT2D eigenvalue weighted by Gasteiger charge is 2.41. The summed E-state index contributed by atoms with van der Waals surface area (Å²) in [6.45, 7) is 5.26. The highest BCUT2D eigenvalue weighted by Crippen LogP contribution is 2.43. The van der Waals surface area contributed by atoms with Crippen molar-refractivity contribution >= 4 is 0 Å². The second kappa shape index (κ2) is 2.98. The van der Waals surface area contributed by atoms with E-state index in [0.717, 1.165) is 23.8 Å². The first-order chi connectivity index (χ1) is 6.34. The van der Waals surface area contributed by atoms with Gasteiger partial charge in [-0.25, -0.2) is 0 Å². The summed E-state index contributed by atoms with van der Waals surface area (Å²) < 4.78 is 0. The summed E-state index contributed by atoms with van der Waals surface area (Å²) in [5, 5.41) is 0. The summed E-state index contributed by atoms with van der Waals surface area (Å²) in [6, 6.07) is 1.01. The molecule has 0 bridgehead atoms. The second-order valence-corrected chi connectivity index (χ2v) is 5.52. The van der Waals surface area contributed by atoms with Gasteiger partial charge in [0.2, 0.25) is 0 Å². The molecule has 13 heavy (non-hydrogen) atoms. The van der Waals surface area contributed by atoms with E-state index in [1.807, 2.05) is 0 Å². The van der Waals surface area contributed by atoms with Crippen LogP contribution in [0.4, 0.5) is 0 Å². The fourth-order valence-electron chi connectivity index (χ4n) is 3.51. The Bertz CT molecular complexity index is 201. The number of nitrogens with zero attached hydrogens (tertiary/aromatic N) is 1. The molecule has 1 heteroatoms. The molecule has 1 aliphatic heterocycles. The molecule has 0 N–H and O–H groups in total. The van der Waals surface area contributed by atoms with E-state index in [1.54, 1.807) is 0 Å². The van der Waals surface area contributed by atoms with Crippen molar-refractivity contribution in [2.45, 2.75) is 45.1 Å². The van der Waals surface area contributed by atoms with Gasteiger partial charge in [-0.3, -0.25) is 4.90 Å². The molecule has 0 aromatic heterocycles. The Morgan fingerprint density at radius 1 is 1.23 bits per heavy atom. The van der Waals surface area contributed by atoms with Crippen molar-refractivity contribution in [3.05, 3.63) is 0 Å². The molecule has 0 radical (unpaired) electrons. The zero-order chi connectivity index (χ0) is 8.84. The van der Waals surface area contributed by atoms with E-state index >= 15 is 0 Å². The van der Waals surface area contributed by atoms with Crippen molar-refractivity contribution < 1.29 is 0 Å². The maximum absolute atomic E-state index is 2.81. The first-order valence-corrected chi connectivity index (χ1v) is 6.08. The number of fused-ring (bicyclic) bond motifs is 1. The molecule has 1 heterocycles. The molecule has 74 valence electrons. The molecule has 2 aliphatic carbocycles. The van der Waals surface area contributed by atoms with E-state index in [9.17, 15) is 0 Å². The number of hydrogen-bond donors (Lipinski definition) is 0. The SMILES string of the molecule is CC1CC1CN1CCC2CCCC21. The van der Waals surface area contributed by atoms with Crippen LogP contribution >= 0.6 is 0 Å². The van der Waals surface area contributed by atoms with Crippen LogP contribution in [0, 0.1) is 17.8 Å². The maximum atomic E-state index is 2.81. The van der Waals surface area contributed by atoms with Gasteiger partial charge in [-0.05, 0) is 50.0 Å². The molecule has 4 atom stereocenters. The van der Waals surface area contributed by atoms with Gasteiger partial charge in [0.15, 0.2) is 0 Å². The fraction of sp³-hybridized carbons (Fsp3) is 1.00. The van der Waals surface area contributed by atoms with Gasteiger partial charge in [0.1, 0.15) is 0 Å². The van der Waals surface area contributed by atoms with Crippen molar-refractivity contribution in [1.29, 1.82) is 0 Å². The number of hydrogen-bond acceptors (Lipinski definition) is 1. The normalized spacial score (nSPS) is 49.6. The zero-order valence-electron chi connectivity index (χ0n) is 8.71. The molecular formula is C12H21N. The molecule has 1 nitrogen and oxygen atoms in total. The van der Waals surface area contributed by atoms with Crippen molar-refractivity contribution in [3.8, 4) is 0 Å². The average molecular weight is 179 g/mol. The maximum Gasteiger partial charge on any atom is 0.0124 e. The van der Waals surface area contributed by atoms with Crippen LogP contribution in [0.1, 0.15) is 39.0 Å². The molecule has 1 saturated heterocycles.